The van der Waals surface area contributed by atoms with Crippen LogP contribution in [0.5, 0.6) is 0 Å². The fourth-order valence-electron chi connectivity index (χ4n) is 1.76. The van der Waals surface area contributed by atoms with Crippen molar-refractivity contribution in [3.63, 3.8) is 0 Å². The van der Waals surface area contributed by atoms with Gasteiger partial charge < -0.3 is 14.6 Å². The molecular formula is C13H20N4OS. The van der Waals surface area contributed by atoms with Gasteiger partial charge in [0.1, 0.15) is 5.01 Å². The second-order valence-electron chi connectivity index (χ2n) is 4.32. The summed E-state index contributed by atoms with van der Waals surface area (Å²) in [5.41, 5.74) is 0. The van der Waals surface area contributed by atoms with E-state index in [9.17, 15) is 0 Å². The van der Waals surface area contributed by atoms with Gasteiger partial charge in [0.25, 0.3) is 0 Å². The number of ether oxygens (including phenoxy) is 1. The first-order valence-electron chi connectivity index (χ1n) is 6.45. The van der Waals surface area contributed by atoms with Gasteiger partial charge >= 0.3 is 0 Å². The van der Waals surface area contributed by atoms with Gasteiger partial charge in [-0.3, -0.25) is 0 Å². The van der Waals surface area contributed by atoms with E-state index in [1.54, 1.807) is 24.6 Å². The first-order valence-corrected chi connectivity index (χ1v) is 7.27. The van der Waals surface area contributed by atoms with Crippen LogP contribution in [-0.4, -0.2) is 28.3 Å². The molecule has 104 valence electrons. The number of thiazole rings is 1. The molecule has 2 heterocycles. The van der Waals surface area contributed by atoms with E-state index in [4.69, 9.17) is 4.74 Å². The van der Waals surface area contributed by atoms with Gasteiger partial charge in [0.2, 0.25) is 5.95 Å². The van der Waals surface area contributed by atoms with E-state index in [-0.39, 0.29) is 6.04 Å². The number of nitrogens with one attached hydrogen (secondary N) is 1. The standard InChI is InChI=1S/C13H20N4OS/c1-4-11-9-15-12(19-11)10(2)16-13-14-5-6-17(13)7-8-18-3/h5-6,9-10H,4,7-8H2,1-3H3,(H,14,16). The lowest BCUT2D eigenvalue weighted by Gasteiger charge is -2.13. The number of anilines is 1. The maximum absolute atomic E-state index is 5.09. The molecule has 2 aromatic rings. The average Bonchev–Trinajstić information content (AvgIpc) is 3.05. The molecule has 0 amide bonds. The van der Waals surface area contributed by atoms with Crippen LogP contribution < -0.4 is 5.32 Å². The topological polar surface area (TPSA) is 52.0 Å². The van der Waals surface area contributed by atoms with Crippen molar-refractivity contribution in [3.8, 4) is 0 Å². The third-order valence-electron chi connectivity index (χ3n) is 2.89. The lowest BCUT2D eigenvalue weighted by molar-refractivity contribution is 0.187. The molecule has 0 saturated heterocycles. The van der Waals surface area contributed by atoms with Crippen LogP contribution in [0.2, 0.25) is 0 Å². The van der Waals surface area contributed by atoms with Crippen LogP contribution in [-0.2, 0) is 17.7 Å². The second kappa shape index (κ2) is 6.68. The molecule has 0 aliphatic rings. The Kier molecular flexibility index (Phi) is 4.93. The summed E-state index contributed by atoms with van der Waals surface area (Å²) in [6, 6.07) is 0.161. The highest BCUT2D eigenvalue weighted by Gasteiger charge is 2.12. The lowest BCUT2D eigenvalue weighted by Crippen LogP contribution is -2.13. The van der Waals surface area contributed by atoms with Gasteiger partial charge in [-0.1, -0.05) is 6.92 Å². The second-order valence-corrected chi connectivity index (χ2v) is 5.47. The molecule has 0 saturated carbocycles. The average molecular weight is 280 g/mol. The van der Waals surface area contributed by atoms with Crippen molar-refractivity contribution in [2.75, 3.05) is 19.0 Å². The molecule has 0 aliphatic carbocycles. The van der Waals surface area contributed by atoms with E-state index in [0.717, 1.165) is 23.9 Å². The highest BCUT2D eigenvalue weighted by molar-refractivity contribution is 7.11. The number of imidazole rings is 1. The molecule has 0 radical (unpaired) electrons. The number of aromatic nitrogens is 3. The number of hydrogen-bond acceptors (Lipinski definition) is 5. The van der Waals surface area contributed by atoms with Crippen molar-refractivity contribution < 1.29 is 4.74 Å². The van der Waals surface area contributed by atoms with Gasteiger partial charge in [0, 0.05) is 37.1 Å². The SMILES string of the molecule is CCc1cnc(C(C)Nc2nccn2CCOC)s1. The zero-order valence-corrected chi connectivity index (χ0v) is 12.4. The van der Waals surface area contributed by atoms with Crippen molar-refractivity contribution in [1.82, 2.24) is 14.5 Å². The molecule has 0 fully saturated rings. The maximum atomic E-state index is 5.09. The Morgan fingerprint density at radius 1 is 1.47 bits per heavy atom. The Bertz CT molecular complexity index is 508. The van der Waals surface area contributed by atoms with Gasteiger partial charge in [0.15, 0.2) is 0 Å². The van der Waals surface area contributed by atoms with Crippen LogP contribution in [0.3, 0.4) is 0 Å². The van der Waals surface area contributed by atoms with Crippen LogP contribution in [0, 0.1) is 0 Å². The van der Waals surface area contributed by atoms with Crippen molar-refractivity contribution in [3.05, 3.63) is 28.5 Å². The minimum absolute atomic E-state index is 0.161. The summed E-state index contributed by atoms with van der Waals surface area (Å²) in [5, 5.41) is 4.49. The Hall–Kier alpha value is -1.40. The zero-order valence-electron chi connectivity index (χ0n) is 11.6. The summed E-state index contributed by atoms with van der Waals surface area (Å²) in [4.78, 5) is 10.1. The summed E-state index contributed by atoms with van der Waals surface area (Å²) in [5.74, 6) is 0.859. The fourth-order valence-corrected chi connectivity index (χ4v) is 2.62. The molecule has 0 aromatic carbocycles. The quantitative estimate of drug-likeness (QED) is 0.847. The largest absolute Gasteiger partial charge is 0.383 e. The van der Waals surface area contributed by atoms with Crippen LogP contribution in [0.25, 0.3) is 0 Å². The predicted molar refractivity (Wildman–Crippen MR) is 77.6 cm³/mol. The van der Waals surface area contributed by atoms with Crippen molar-refractivity contribution >= 4 is 17.3 Å². The number of aryl methyl sites for hydroxylation is 1. The highest BCUT2D eigenvalue weighted by atomic mass is 32.1. The van der Waals surface area contributed by atoms with E-state index in [1.165, 1.54) is 4.88 Å². The third kappa shape index (κ3) is 3.54. The molecule has 1 N–H and O–H groups in total. The summed E-state index contributed by atoms with van der Waals surface area (Å²) >= 11 is 1.75. The maximum Gasteiger partial charge on any atom is 0.203 e. The summed E-state index contributed by atoms with van der Waals surface area (Å²) in [6.45, 7) is 5.72. The van der Waals surface area contributed by atoms with Crippen LogP contribution in [0.15, 0.2) is 18.6 Å². The molecule has 19 heavy (non-hydrogen) atoms. The molecule has 2 aromatic heterocycles. The van der Waals surface area contributed by atoms with E-state index < -0.39 is 0 Å². The first kappa shape index (κ1) is 14.0. The smallest absolute Gasteiger partial charge is 0.203 e. The van der Waals surface area contributed by atoms with Crippen molar-refractivity contribution in [2.45, 2.75) is 32.9 Å². The minimum Gasteiger partial charge on any atom is -0.383 e. The zero-order chi connectivity index (χ0) is 13.7. The van der Waals surface area contributed by atoms with E-state index in [2.05, 4.69) is 29.1 Å². The van der Waals surface area contributed by atoms with Crippen molar-refractivity contribution in [1.29, 1.82) is 0 Å². The molecule has 6 heteroatoms. The fraction of sp³-hybridized carbons (Fsp3) is 0.538. The predicted octanol–water partition coefficient (Wildman–Crippen LogP) is 2.72. The number of methoxy groups -OCH3 is 1. The Morgan fingerprint density at radius 3 is 3.00 bits per heavy atom. The van der Waals surface area contributed by atoms with Gasteiger partial charge in [-0.15, -0.1) is 11.3 Å². The van der Waals surface area contributed by atoms with E-state index in [0.29, 0.717) is 6.61 Å². The van der Waals surface area contributed by atoms with Crippen molar-refractivity contribution in [2.24, 2.45) is 0 Å². The van der Waals surface area contributed by atoms with E-state index >= 15 is 0 Å². The number of rotatable bonds is 7. The number of nitrogens with zero attached hydrogens (tertiary/aromatic N) is 3. The van der Waals surface area contributed by atoms with Gasteiger partial charge in [-0.2, -0.15) is 0 Å². The molecule has 0 spiro atoms. The summed E-state index contributed by atoms with van der Waals surface area (Å²) in [6.07, 6.45) is 6.74. The molecule has 0 aliphatic heterocycles. The summed E-state index contributed by atoms with van der Waals surface area (Å²) in [7, 11) is 1.70. The molecule has 0 bridgehead atoms. The third-order valence-corrected chi connectivity index (χ3v) is 4.21. The van der Waals surface area contributed by atoms with E-state index in [1.807, 2.05) is 17.0 Å². The van der Waals surface area contributed by atoms with Gasteiger partial charge in [-0.25, -0.2) is 9.97 Å². The Labute approximate surface area is 117 Å². The normalized spacial score (nSPS) is 12.6. The monoisotopic (exact) mass is 280 g/mol. The molecular weight excluding hydrogens is 260 g/mol. The van der Waals surface area contributed by atoms with Gasteiger partial charge in [0.05, 0.1) is 12.6 Å². The molecule has 1 unspecified atom stereocenters. The Morgan fingerprint density at radius 2 is 2.32 bits per heavy atom. The van der Waals surface area contributed by atoms with Crippen LogP contribution in [0.1, 0.15) is 29.8 Å². The van der Waals surface area contributed by atoms with Crippen LogP contribution in [0.4, 0.5) is 5.95 Å². The van der Waals surface area contributed by atoms with Crippen LogP contribution >= 0.6 is 11.3 Å². The lowest BCUT2D eigenvalue weighted by atomic mass is 10.3. The molecule has 2 rings (SSSR count). The molecule has 5 nitrogen and oxygen atoms in total. The minimum atomic E-state index is 0.161. The highest BCUT2D eigenvalue weighted by Crippen LogP contribution is 2.23. The number of hydrogen-bond donors (Lipinski definition) is 1. The van der Waals surface area contributed by atoms with Gasteiger partial charge in [-0.05, 0) is 13.3 Å². The molecule has 1 atom stereocenters. The summed E-state index contributed by atoms with van der Waals surface area (Å²) < 4.78 is 7.14. The Balaban J connectivity index is 2.01. The first-order chi connectivity index (χ1) is 9.24.